The molecule has 0 atom stereocenters. The quantitative estimate of drug-likeness (QED) is 0.522. The third-order valence-corrected chi connectivity index (χ3v) is 2.18. The number of hydrogen-bond donors (Lipinski definition) is 0. The molecule has 0 unspecified atom stereocenters. The number of unbranched alkanes of at least 4 members (excludes halogenated alkanes) is 1. The molecule has 0 aromatic heterocycles. The Morgan fingerprint density at radius 3 is 2.08 bits per heavy atom. The van der Waals surface area contributed by atoms with E-state index in [0.717, 1.165) is 5.92 Å². The summed E-state index contributed by atoms with van der Waals surface area (Å²) in [5, 5.41) is 0. The maximum atomic E-state index is 2.32. The molecule has 0 aromatic rings. The molecule has 0 nitrogen and oxygen atoms in total. The lowest BCUT2D eigenvalue weighted by Gasteiger charge is -2.16. The van der Waals surface area contributed by atoms with Gasteiger partial charge in [0.1, 0.15) is 0 Å². The van der Waals surface area contributed by atoms with Gasteiger partial charge in [0, 0.05) is 0 Å². The molecule has 0 saturated carbocycles. The van der Waals surface area contributed by atoms with Gasteiger partial charge in [-0.1, -0.05) is 47.0 Å². The van der Waals surface area contributed by atoms with E-state index >= 15 is 0 Å². The molecule has 0 heterocycles. The molecule has 0 aliphatic rings. The highest BCUT2D eigenvalue weighted by Gasteiger charge is 2.09. The predicted molar refractivity (Wildman–Crippen MR) is 57.1 cm³/mol. The zero-order valence-electron chi connectivity index (χ0n) is 9.32. The van der Waals surface area contributed by atoms with Gasteiger partial charge in [-0.2, -0.15) is 0 Å². The van der Waals surface area contributed by atoms with Crippen molar-refractivity contribution in [1.82, 2.24) is 0 Å². The summed E-state index contributed by atoms with van der Waals surface area (Å²) in [5.41, 5.74) is 0. The second kappa shape index (κ2) is 7.64. The molecule has 1 radical (unpaired) electrons. The van der Waals surface area contributed by atoms with E-state index in [1.165, 1.54) is 38.5 Å². The van der Waals surface area contributed by atoms with E-state index in [2.05, 4.69) is 27.7 Å². The van der Waals surface area contributed by atoms with Gasteiger partial charge in [0.25, 0.3) is 0 Å². The Hall–Kier alpha value is 0. The van der Waals surface area contributed by atoms with E-state index in [1.807, 2.05) is 0 Å². The Kier molecular flexibility index (Phi) is 7.64. The summed E-state index contributed by atoms with van der Waals surface area (Å²) in [6.45, 7) is 9.20. The van der Waals surface area contributed by atoms with E-state index in [4.69, 9.17) is 0 Å². The van der Waals surface area contributed by atoms with Gasteiger partial charge in [-0.25, -0.2) is 0 Å². The maximum absolute atomic E-state index is 2.32. The molecule has 0 spiro atoms. The van der Waals surface area contributed by atoms with Gasteiger partial charge < -0.3 is 0 Å². The van der Waals surface area contributed by atoms with Crippen molar-refractivity contribution < 1.29 is 0 Å². The lowest BCUT2D eigenvalue weighted by atomic mass is 9.89. The first-order valence-corrected chi connectivity index (χ1v) is 5.54. The van der Waals surface area contributed by atoms with Gasteiger partial charge in [-0.3, -0.25) is 0 Å². The first kappa shape index (κ1) is 12.0. The standard InChI is InChI=1S/C12H25/c1-5-7-9-12(8-6-2)10-11(3)4/h11H,5-10H2,1-4H3. The van der Waals surface area contributed by atoms with Crippen LogP contribution in [0.4, 0.5) is 0 Å². The van der Waals surface area contributed by atoms with E-state index in [0.29, 0.717) is 0 Å². The Morgan fingerprint density at radius 2 is 1.67 bits per heavy atom. The van der Waals surface area contributed by atoms with Crippen molar-refractivity contribution in [3.8, 4) is 0 Å². The Morgan fingerprint density at radius 1 is 1.00 bits per heavy atom. The van der Waals surface area contributed by atoms with Gasteiger partial charge in [0.05, 0.1) is 0 Å². The Bertz CT molecular complexity index is 84.0. The van der Waals surface area contributed by atoms with Crippen LogP contribution in [0.5, 0.6) is 0 Å². The SMILES string of the molecule is CCCC[C](CCC)CC(C)C. The van der Waals surface area contributed by atoms with Crippen molar-refractivity contribution >= 4 is 0 Å². The molecule has 0 aliphatic carbocycles. The van der Waals surface area contributed by atoms with Gasteiger partial charge >= 0.3 is 0 Å². The zero-order chi connectivity index (χ0) is 9.40. The van der Waals surface area contributed by atoms with Crippen LogP contribution < -0.4 is 0 Å². The lowest BCUT2D eigenvalue weighted by Crippen LogP contribution is -2.01. The minimum atomic E-state index is 0.850. The first-order chi connectivity index (χ1) is 5.70. The highest BCUT2D eigenvalue weighted by Crippen LogP contribution is 2.24. The van der Waals surface area contributed by atoms with Crippen LogP contribution in [0.15, 0.2) is 0 Å². The molecular formula is C12H25. The van der Waals surface area contributed by atoms with E-state index in [1.54, 1.807) is 5.92 Å². The van der Waals surface area contributed by atoms with E-state index in [9.17, 15) is 0 Å². The first-order valence-electron chi connectivity index (χ1n) is 5.54. The Balaban J connectivity index is 3.54. The smallest absolute Gasteiger partial charge is 0.0239 e. The number of rotatable bonds is 7. The third-order valence-electron chi connectivity index (χ3n) is 2.18. The van der Waals surface area contributed by atoms with Crippen molar-refractivity contribution in [3.05, 3.63) is 5.92 Å². The van der Waals surface area contributed by atoms with Crippen LogP contribution in [0.1, 0.15) is 66.2 Å². The molecule has 0 amide bonds. The molecule has 0 fully saturated rings. The minimum Gasteiger partial charge on any atom is -0.0654 e. The van der Waals surface area contributed by atoms with Crippen molar-refractivity contribution in [2.75, 3.05) is 0 Å². The largest absolute Gasteiger partial charge is 0.0654 e. The van der Waals surface area contributed by atoms with Crippen LogP contribution in [0, 0.1) is 11.8 Å². The predicted octanol–water partition coefficient (Wildman–Crippen LogP) is 4.60. The molecule has 0 bridgehead atoms. The highest BCUT2D eigenvalue weighted by molar-refractivity contribution is 4.89. The van der Waals surface area contributed by atoms with Crippen LogP contribution in [-0.4, -0.2) is 0 Å². The van der Waals surface area contributed by atoms with Crippen LogP contribution in [-0.2, 0) is 0 Å². The average molecular weight is 169 g/mol. The van der Waals surface area contributed by atoms with E-state index < -0.39 is 0 Å². The monoisotopic (exact) mass is 169 g/mol. The van der Waals surface area contributed by atoms with E-state index in [-0.39, 0.29) is 0 Å². The van der Waals surface area contributed by atoms with Crippen molar-refractivity contribution in [3.63, 3.8) is 0 Å². The molecule has 0 heteroatoms. The highest BCUT2D eigenvalue weighted by atomic mass is 14.1. The molecular weight excluding hydrogens is 144 g/mol. The maximum Gasteiger partial charge on any atom is -0.0239 e. The van der Waals surface area contributed by atoms with Crippen molar-refractivity contribution in [2.24, 2.45) is 5.92 Å². The van der Waals surface area contributed by atoms with Crippen molar-refractivity contribution in [2.45, 2.75) is 66.2 Å². The van der Waals surface area contributed by atoms with Crippen LogP contribution in [0.25, 0.3) is 0 Å². The Labute approximate surface area is 78.8 Å². The third kappa shape index (κ3) is 6.69. The van der Waals surface area contributed by atoms with Crippen LogP contribution >= 0.6 is 0 Å². The molecule has 73 valence electrons. The van der Waals surface area contributed by atoms with Gasteiger partial charge in [-0.05, 0) is 31.1 Å². The molecule has 0 rings (SSSR count). The molecule has 0 aromatic carbocycles. The fraction of sp³-hybridized carbons (Fsp3) is 0.917. The van der Waals surface area contributed by atoms with Gasteiger partial charge in [-0.15, -0.1) is 0 Å². The van der Waals surface area contributed by atoms with Gasteiger partial charge in [0.15, 0.2) is 0 Å². The molecule has 0 N–H and O–H groups in total. The summed E-state index contributed by atoms with van der Waals surface area (Å²) in [6.07, 6.45) is 8.15. The molecule has 12 heavy (non-hydrogen) atoms. The second-order valence-corrected chi connectivity index (χ2v) is 4.20. The summed E-state index contributed by atoms with van der Waals surface area (Å²) in [4.78, 5) is 0. The lowest BCUT2D eigenvalue weighted by molar-refractivity contribution is 0.521. The molecule has 0 aliphatic heterocycles. The minimum absolute atomic E-state index is 0.850. The second-order valence-electron chi connectivity index (χ2n) is 4.20. The summed E-state index contributed by atoms with van der Waals surface area (Å²) in [5.74, 6) is 2.65. The van der Waals surface area contributed by atoms with Crippen LogP contribution in [0.2, 0.25) is 0 Å². The summed E-state index contributed by atoms with van der Waals surface area (Å²) in [6, 6.07) is 0. The average Bonchev–Trinajstić information content (AvgIpc) is 2.00. The molecule has 0 saturated heterocycles. The summed E-state index contributed by atoms with van der Waals surface area (Å²) >= 11 is 0. The zero-order valence-corrected chi connectivity index (χ0v) is 9.32. The van der Waals surface area contributed by atoms with Gasteiger partial charge in [0.2, 0.25) is 0 Å². The van der Waals surface area contributed by atoms with Crippen LogP contribution in [0.3, 0.4) is 0 Å². The summed E-state index contributed by atoms with van der Waals surface area (Å²) in [7, 11) is 0. The number of hydrogen-bond acceptors (Lipinski definition) is 0. The normalized spacial score (nSPS) is 11.5. The summed E-state index contributed by atoms with van der Waals surface area (Å²) < 4.78 is 0. The van der Waals surface area contributed by atoms with Crippen molar-refractivity contribution in [1.29, 1.82) is 0 Å². The topological polar surface area (TPSA) is 0 Å². The fourth-order valence-electron chi connectivity index (χ4n) is 1.69. The fourth-order valence-corrected chi connectivity index (χ4v) is 1.69.